The fraction of sp³-hybridized carbons (Fsp3) is 0.316. The van der Waals surface area contributed by atoms with Crippen molar-refractivity contribution in [2.45, 2.75) is 34.1 Å². The second kappa shape index (κ2) is 7.19. The molecule has 3 rings (SSSR count). The first-order valence-electron chi connectivity index (χ1n) is 8.42. The molecule has 1 N–H and O–H groups in total. The van der Waals surface area contributed by atoms with Crippen LogP contribution in [0.25, 0.3) is 15.9 Å². The molecule has 0 saturated carbocycles. The molecule has 5 nitrogen and oxygen atoms in total. The largest absolute Gasteiger partial charge is 0.281 e. The number of aryl methyl sites for hydroxylation is 1. The van der Waals surface area contributed by atoms with Gasteiger partial charge in [0.2, 0.25) is 0 Å². The Morgan fingerprint density at radius 2 is 2.04 bits per heavy atom. The Morgan fingerprint density at radius 3 is 2.68 bits per heavy atom. The number of carbonyl (C=O) groups is 1. The Kier molecular flexibility index (Phi) is 4.99. The quantitative estimate of drug-likeness (QED) is 0.540. The molecular weight excluding hydrogens is 332 g/mol. The number of nitrogens with zero attached hydrogens (tertiary/aromatic N) is 3. The molecule has 0 radical (unpaired) electrons. The number of hydrogen-bond donors (Lipinski definition) is 1. The summed E-state index contributed by atoms with van der Waals surface area (Å²) < 4.78 is 1.89. The summed E-state index contributed by atoms with van der Waals surface area (Å²) in [6.45, 7) is 8.15. The fourth-order valence-corrected chi connectivity index (χ4v) is 3.77. The van der Waals surface area contributed by atoms with Crippen LogP contribution in [0.5, 0.6) is 0 Å². The van der Waals surface area contributed by atoms with Gasteiger partial charge in [-0.2, -0.15) is 10.2 Å². The van der Waals surface area contributed by atoms with Crippen molar-refractivity contribution in [3.05, 3.63) is 47.0 Å². The lowest BCUT2D eigenvalue weighted by atomic mass is 10.1. The van der Waals surface area contributed by atoms with Crippen molar-refractivity contribution >= 4 is 33.2 Å². The number of thiophene rings is 1. The summed E-state index contributed by atoms with van der Waals surface area (Å²) in [5, 5.41) is 9.88. The number of hydrazone groups is 1. The second-order valence-corrected chi connectivity index (χ2v) is 7.25. The van der Waals surface area contributed by atoms with E-state index >= 15 is 0 Å². The van der Waals surface area contributed by atoms with Gasteiger partial charge in [-0.15, -0.1) is 11.3 Å². The first-order chi connectivity index (χ1) is 12.0. The minimum atomic E-state index is -0.174. The van der Waals surface area contributed by atoms with Crippen LogP contribution in [0, 0.1) is 12.8 Å². The molecule has 0 atom stereocenters. The molecule has 6 heteroatoms. The first kappa shape index (κ1) is 17.4. The van der Waals surface area contributed by atoms with E-state index in [0.717, 1.165) is 33.7 Å². The highest BCUT2D eigenvalue weighted by molar-refractivity contribution is 7.20. The van der Waals surface area contributed by atoms with Crippen molar-refractivity contribution in [3.63, 3.8) is 0 Å². The molecule has 2 aromatic heterocycles. The summed E-state index contributed by atoms with van der Waals surface area (Å²) in [7, 11) is 0. The van der Waals surface area contributed by atoms with Crippen molar-refractivity contribution in [2.24, 2.45) is 11.0 Å². The third kappa shape index (κ3) is 3.49. The van der Waals surface area contributed by atoms with Gasteiger partial charge < -0.3 is 0 Å². The molecule has 0 fully saturated rings. The van der Waals surface area contributed by atoms with Crippen LogP contribution in [0.3, 0.4) is 0 Å². The van der Waals surface area contributed by atoms with E-state index < -0.39 is 0 Å². The summed E-state index contributed by atoms with van der Waals surface area (Å²) in [4.78, 5) is 14.1. The van der Waals surface area contributed by atoms with E-state index in [1.54, 1.807) is 0 Å². The van der Waals surface area contributed by atoms with Crippen LogP contribution in [0.1, 0.15) is 42.6 Å². The van der Waals surface area contributed by atoms with Crippen LogP contribution in [0.15, 0.2) is 41.5 Å². The zero-order chi connectivity index (χ0) is 18.0. The second-order valence-electron chi connectivity index (χ2n) is 6.21. The van der Waals surface area contributed by atoms with Gasteiger partial charge in [-0.25, -0.2) is 10.1 Å². The smallest absolute Gasteiger partial charge is 0.266 e. The highest BCUT2D eigenvalue weighted by atomic mass is 32.1. The van der Waals surface area contributed by atoms with E-state index in [1.807, 2.05) is 54.9 Å². The lowest BCUT2D eigenvalue weighted by Gasteiger charge is -2.07. The molecule has 0 aliphatic rings. The monoisotopic (exact) mass is 354 g/mol. The lowest BCUT2D eigenvalue weighted by Crippen LogP contribution is -2.20. The molecule has 0 unspecified atom stereocenters. The maximum atomic E-state index is 12.5. The third-order valence-electron chi connectivity index (χ3n) is 4.10. The number of fused-ring (bicyclic) bond motifs is 1. The molecule has 3 aromatic rings. The van der Waals surface area contributed by atoms with E-state index in [4.69, 9.17) is 0 Å². The number of para-hydroxylation sites is 1. The van der Waals surface area contributed by atoms with E-state index in [1.165, 1.54) is 11.3 Å². The molecule has 1 amide bonds. The van der Waals surface area contributed by atoms with Crippen LogP contribution < -0.4 is 5.43 Å². The molecule has 1 aromatic carbocycles. The van der Waals surface area contributed by atoms with Gasteiger partial charge in [-0.1, -0.05) is 39.0 Å². The number of hydrogen-bond acceptors (Lipinski definition) is 4. The molecule has 0 aliphatic heterocycles. The zero-order valence-electron chi connectivity index (χ0n) is 14.9. The van der Waals surface area contributed by atoms with E-state index in [9.17, 15) is 4.79 Å². The van der Waals surface area contributed by atoms with Gasteiger partial charge >= 0.3 is 0 Å². The van der Waals surface area contributed by atoms with Gasteiger partial charge in [0.1, 0.15) is 4.83 Å². The molecule has 0 bridgehead atoms. The maximum Gasteiger partial charge on any atom is 0.281 e. The van der Waals surface area contributed by atoms with E-state index in [0.29, 0.717) is 10.8 Å². The highest BCUT2D eigenvalue weighted by Gasteiger charge is 2.17. The van der Waals surface area contributed by atoms with E-state index in [2.05, 4.69) is 29.5 Å². The number of carbonyl (C=O) groups excluding carboxylic acids is 1. The SMILES string of the molecule is CC/C(=N\NC(=O)c1cc2c(C)nn(-c3ccccc3)c2s1)C(C)C. The number of amides is 1. The third-order valence-corrected chi connectivity index (χ3v) is 5.21. The predicted molar refractivity (Wildman–Crippen MR) is 104 cm³/mol. The number of benzene rings is 1. The van der Waals surface area contributed by atoms with Gasteiger partial charge in [-0.05, 0) is 37.5 Å². The molecule has 0 spiro atoms. The van der Waals surface area contributed by atoms with Crippen molar-refractivity contribution in [1.82, 2.24) is 15.2 Å². The Hall–Kier alpha value is -2.47. The van der Waals surface area contributed by atoms with Crippen LogP contribution in [-0.2, 0) is 0 Å². The minimum Gasteiger partial charge on any atom is -0.266 e. The van der Waals surface area contributed by atoms with Crippen LogP contribution in [-0.4, -0.2) is 21.4 Å². The summed E-state index contributed by atoms with van der Waals surface area (Å²) in [5.41, 5.74) is 5.58. The normalized spacial score (nSPS) is 12.1. The van der Waals surface area contributed by atoms with Gasteiger partial charge in [0.25, 0.3) is 5.91 Å². The highest BCUT2D eigenvalue weighted by Crippen LogP contribution is 2.30. The van der Waals surface area contributed by atoms with Crippen molar-refractivity contribution in [3.8, 4) is 5.69 Å². The van der Waals surface area contributed by atoms with Gasteiger partial charge in [0, 0.05) is 11.1 Å². The molecular formula is C19H22N4OS. The average Bonchev–Trinajstić information content (AvgIpc) is 3.17. The first-order valence-corrected chi connectivity index (χ1v) is 9.24. The number of aromatic nitrogens is 2. The van der Waals surface area contributed by atoms with Gasteiger partial charge in [0.05, 0.1) is 16.3 Å². The Balaban J connectivity index is 1.93. The summed E-state index contributed by atoms with van der Waals surface area (Å²) in [5.74, 6) is 0.147. The number of rotatable bonds is 5. The number of nitrogens with one attached hydrogen (secondary N) is 1. The van der Waals surface area contributed by atoms with Crippen molar-refractivity contribution in [1.29, 1.82) is 0 Å². The Labute approximate surface area is 151 Å². The molecule has 130 valence electrons. The summed E-state index contributed by atoms with van der Waals surface area (Å²) >= 11 is 1.43. The van der Waals surface area contributed by atoms with Crippen molar-refractivity contribution < 1.29 is 4.79 Å². The van der Waals surface area contributed by atoms with Crippen LogP contribution in [0.2, 0.25) is 0 Å². The minimum absolute atomic E-state index is 0.174. The summed E-state index contributed by atoms with van der Waals surface area (Å²) in [6.07, 6.45) is 0.826. The standard InChI is InChI=1S/C19H22N4OS/c1-5-16(12(2)3)20-21-18(24)17-11-15-13(4)22-23(19(15)25-17)14-9-7-6-8-10-14/h6-12H,5H2,1-4H3,(H,21,24)/b20-16+. The Morgan fingerprint density at radius 1 is 1.32 bits per heavy atom. The van der Waals surface area contributed by atoms with Crippen molar-refractivity contribution in [2.75, 3.05) is 0 Å². The topological polar surface area (TPSA) is 59.3 Å². The van der Waals surface area contributed by atoms with Gasteiger partial charge in [0.15, 0.2) is 0 Å². The molecule has 2 heterocycles. The fourth-order valence-electron chi connectivity index (χ4n) is 2.70. The van der Waals surface area contributed by atoms with Gasteiger partial charge in [-0.3, -0.25) is 4.79 Å². The molecule has 0 aliphatic carbocycles. The Bertz CT molecular complexity index is 922. The van der Waals surface area contributed by atoms with Crippen LogP contribution >= 0.6 is 11.3 Å². The predicted octanol–water partition coefficient (Wildman–Crippen LogP) is 4.55. The maximum absolute atomic E-state index is 12.5. The zero-order valence-corrected chi connectivity index (χ0v) is 15.7. The van der Waals surface area contributed by atoms with E-state index in [-0.39, 0.29) is 5.91 Å². The molecule has 25 heavy (non-hydrogen) atoms. The lowest BCUT2D eigenvalue weighted by molar-refractivity contribution is 0.0958. The average molecular weight is 354 g/mol. The molecule has 0 saturated heterocycles. The summed E-state index contributed by atoms with van der Waals surface area (Å²) in [6, 6.07) is 11.8. The van der Waals surface area contributed by atoms with Crippen LogP contribution in [0.4, 0.5) is 0 Å².